The summed E-state index contributed by atoms with van der Waals surface area (Å²) in [5, 5.41) is 7.11. The van der Waals surface area contributed by atoms with Gasteiger partial charge in [-0.1, -0.05) is 18.2 Å². The number of rotatable bonds is 5. The summed E-state index contributed by atoms with van der Waals surface area (Å²) in [5.74, 6) is -0.000909. The van der Waals surface area contributed by atoms with Crippen LogP contribution in [-0.2, 0) is 17.1 Å². The van der Waals surface area contributed by atoms with Gasteiger partial charge in [0.1, 0.15) is 5.82 Å². The number of anilines is 1. The summed E-state index contributed by atoms with van der Waals surface area (Å²) < 4.78 is 79.1. The van der Waals surface area contributed by atoms with Crippen molar-refractivity contribution in [3.63, 3.8) is 0 Å². The first-order chi connectivity index (χ1) is 17.3. The predicted octanol–water partition coefficient (Wildman–Crippen LogP) is 7.43. The molecule has 2 N–H and O–H groups in total. The zero-order chi connectivity index (χ0) is 27.0. The van der Waals surface area contributed by atoms with Gasteiger partial charge in [0.2, 0.25) is 5.91 Å². The van der Waals surface area contributed by atoms with E-state index in [1.807, 2.05) is 37.3 Å². The van der Waals surface area contributed by atoms with Crippen LogP contribution in [0.15, 0.2) is 48.5 Å². The van der Waals surface area contributed by atoms with E-state index in [0.29, 0.717) is 37.8 Å². The summed E-state index contributed by atoms with van der Waals surface area (Å²) in [6.07, 6.45) is -7.44. The van der Waals surface area contributed by atoms with Crippen LogP contribution in [0.4, 0.5) is 32.2 Å². The number of aryl methyl sites for hydroxylation is 1. The van der Waals surface area contributed by atoms with Crippen molar-refractivity contribution in [2.75, 3.05) is 5.32 Å². The number of alkyl halides is 6. The molecule has 0 saturated heterocycles. The van der Waals surface area contributed by atoms with Crippen LogP contribution in [0.3, 0.4) is 0 Å². The topological polar surface area (TPSA) is 54.0 Å². The molecule has 4 rings (SSSR count). The van der Waals surface area contributed by atoms with Gasteiger partial charge in [-0.2, -0.15) is 26.3 Å². The first-order valence-corrected chi connectivity index (χ1v) is 12.0. The number of pyridine rings is 1. The lowest BCUT2D eigenvalue weighted by Crippen LogP contribution is -2.37. The summed E-state index contributed by atoms with van der Waals surface area (Å²) in [4.78, 5) is 17.5. The number of hydrogen-bond acceptors (Lipinski definition) is 3. The van der Waals surface area contributed by atoms with Gasteiger partial charge in [-0.15, -0.1) is 0 Å². The molecule has 0 aliphatic heterocycles. The first kappa shape index (κ1) is 26.8. The highest BCUT2D eigenvalue weighted by Gasteiger charge is 2.37. The van der Waals surface area contributed by atoms with Crippen molar-refractivity contribution >= 4 is 22.6 Å². The van der Waals surface area contributed by atoms with E-state index in [4.69, 9.17) is 0 Å². The number of para-hydroxylation sites is 1. The third-order valence-electron chi connectivity index (χ3n) is 6.84. The molecule has 1 aliphatic rings. The third kappa shape index (κ3) is 6.34. The maximum atomic E-state index is 13.2. The zero-order valence-corrected chi connectivity index (χ0v) is 20.3. The number of fused-ring (bicyclic) bond motifs is 1. The fourth-order valence-corrected chi connectivity index (χ4v) is 4.78. The molecule has 198 valence electrons. The monoisotopic (exact) mass is 523 g/mol. The zero-order valence-electron chi connectivity index (χ0n) is 20.3. The Balaban J connectivity index is 1.38. The number of hydrogen-bond donors (Lipinski definition) is 2. The molecule has 0 radical (unpaired) electrons. The van der Waals surface area contributed by atoms with E-state index in [1.54, 1.807) is 0 Å². The van der Waals surface area contributed by atoms with Crippen LogP contribution in [0.5, 0.6) is 0 Å². The molecule has 2 aromatic carbocycles. The average molecular weight is 524 g/mol. The molecule has 1 amide bonds. The second kappa shape index (κ2) is 10.2. The molecule has 1 aromatic heterocycles. The Kier molecular flexibility index (Phi) is 7.39. The highest BCUT2D eigenvalue weighted by Crippen LogP contribution is 2.37. The Morgan fingerprint density at radius 3 is 2.11 bits per heavy atom. The Morgan fingerprint density at radius 1 is 0.919 bits per heavy atom. The quantitative estimate of drug-likeness (QED) is 0.342. The van der Waals surface area contributed by atoms with Gasteiger partial charge in [0, 0.05) is 17.3 Å². The molecule has 0 bridgehead atoms. The molecule has 1 atom stereocenters. The van der Waals surface area contributed by atoms with E-state index in [2.05, 4.69) is 15.6 Å². The van der Waals surface area contributed by atoms with E-state index in [1.165, 1.54) is 6.92 Å². The summed E-state index contributed by atoms with van der Waals surface area (Å²) in [7, 11) is 0. The standard InChI is InChI=1S/C27H27F6N3O/c1-15-11-24(36-23-6-4-3-5-22(15)23)35-21-9-7-17(8-10-21)25(37)34-16(2)18-12-19(26(28,29)30)14-20(13-18)27(31,32)33/h3-6,11-14,16-17,21H,7-10H2,1-2H3,(H,34,37)(H,35,36)/t16-,17?,21?/m0/s1. The fraction of sp³-hybridized carbons (Fsp3) is 0.407. The lowest BCUT2D eigenvalue weighted by molar-refractivity contribution is -0.143. The highest BCUT2D eigenvalue weighted by molar-refractivity contribution is 5.83. The highest BCUT2D eigenvalue weighted by atomic mass is 19.4. The minimum absolute atomic E-state index is 0.0816. The van der Waals surface area contributed by atoms with Crippen LogP contribution in [-0.4, -0.2) is 16.9 Å². The fourth-order valence-electron chi connectivity index (χ4n) is 4.78. The van der Waals surface area contributed by atoms with Gasteiger partial charge in [-0.3, -0.25) is 4.79 Å². The number of carbonyl (C=O) groups is 1. The van der Waals surface area contributed by atoms with Crippen molar-refractivity contribution in [1.82, 2.24) is 10.3 Å². The maximum absolute atomic E-state index is 13.2. The van der Waals surface area contributed by atoms with Gasteiger partial charge < -0.3 is 10.6 Å². The van der Waals surface area contributed by atoms with Crippen molar-refractivity contribution < 1.29 is 31.1 Å². The maximum Gasteiger partial charge on any atom is 0.416 e. The van der Waals surface area contributed by atoms with Crippen LogP contribution in [0.1, 0.15) is 60.9 Å². The molecule has 1 heterocycles. The number of carbonyl (C=O) groups excluding carboxylic acids is 1. The Morgan fingerprint density at radius 2 is 1.51 bits per heavy atom. The molecular formula is C27H27F6N3O. The van der Waals surface area contributed by atoms with Gasteiger partial charge in [0.05, 0.1) is 22.7 Å². The summed E-state index contributed by atoms with van der Waals surface area (Å²) in [6.45, 7) is 3.40. The van der Waals surface area contributed by atoms with Crippen molar-refractivity contribution in [3.8, 4) is 0 Å². The number of aromatic nitrogens is 1. The Bertz CT molecular complexity index is 1250. The molecule has 1 saturated carbocycles. The molecule has 1 aliphatic carbocycles. The summed E-state index contributed by atoms with van der Waals surface area (Å²) in [5.41, 5.74) is -1.07. The summed E-state index contributed by atoms with van der Waals surface area (Å²) >= 11 is 0. The van der Waals surface area contributed by atoms with Gasteiger partial charge in [-0.25, -0.2) is 4.98 Å². The Hall–Kier alpha value is -3.30. The largest absolute Gasteiger partial charge is 0.416 e. The van der Waals surface area contributed by atoms with Gasteiger partial charge in [-0.05, 0) is 81.0 Å². The normalized spacial score (nSPS) is 19.5. The van der Waals surface area contributed by atoms with Crippen LogP contribution >= 0.6 is 0 Å². The molecule has 4 nitrogen and oxygen atoms in total. The molecule has 10 heteroatoms. The van der Waals surface area contributed by atoms with Gasteiger partial charge in [0.15, 0.2) is 0 Å². The van der Waals surface area contributed by atoms with E-state index in [-0.39, 0.29) is 29.5 Å². The van der Waals surface area contributed by atoms with E-state index >= 15 is 0 Å². The molecule has 1 fully saturated rings. The lowest BCUT2D eigenvalue weighted by Gasteiger charge is -2.30. The van der Waals surface area contributed by atoms with Crippen LogP contribution in [0, 0.1) is 12.8 Å². The number of nitrogens with zero attached hydrogens (tertiary/aromatic N) is 1. The number of amides is 1. The molecule has 0 spiro atoms. The van der Waals surface area contributed by atoms with Crippen LogP contribution < -0.4 is 10.6 Å². The van der Waals surface area contributed by atoms with Gasteiger partial charge in [0.25, 0.3) is 0 Å². The second-order valence-corrected chi connectivity index (χ2v) is 9.60. The molecule has 0 unspecified atom stereocenters. The number of nitrogens with one attached hydrogen (secondary N) is 2. The number of halogens is 6. The van der Waals surface area contributed by atoms with E-state index in [0.717, 1.165) is 22.3 Å². The minimum Gasteiger partial charge on any atom is -0.367 e. The predicted molar refractivity (Wildman–Crippen MR) is 129 cm³/mol. The lowest BCUT2D eigenvalue weighted by atomic mass is 9.85. The van der Waals surface area contributed by atoms with Crippen LogP contribution in [0.25, 0.3) is 10.9 Å². The second-order valence-electron chi connectivity index (χ2n) is 9.60. The van der Waals surface area contributed by atoms with E-state index < -0.39 is 29.5 Å². The van der Waals surface area contributed by atoms with E-state index in [9.17, 15) is 31.1 Å². The number of benzene rings is 2. The van der Waals surface area contributed by atoms with Crippen LogP contribution in [0.2, 0.25) is 0 Å². The smallest absolute Gasteiger partial charge is 0.367 e. The minimum atomic E-state index is -4.94. The van der Waals surface area contributed by atoms with Gasteiger partial charge >= 0.3 is 12.4 Å². The average Bonchev–Trinajstić information content (AvgIpc) is 2.83. The van der Waals surface area contributed by atoms with Crippen molar-refractivity contribution in [3.05, 3.63) is 70.8 Å². The molecular weight excluding hydrogens is 496 g/mol. The molecule has 3 aromatic rings. The SMILES string of the molecule is Cc1cc(NC2CCC(C(=O)N[C@@H](C)c3cc(C(F)(F)F)cc(C(F)(F)F)c3)CC2)nc2ccccc12. The van der Waals surface area contributed by atoms with Crippen molar-refractivity contribution in [2.45, 2.75) is 64.0 Å². The van der Waals surface area contributed by atoms with Crippen molar-refractivity contribution in [1.29, 1.82) is 0 Å². The Labute approximate surface area is 210 Å². The molecule has 37 heavy (non-hydrogen) atoms. The van der Waals surface area contributed by atoms with Crippen molar-refractivity contribution in [2.24, 2.45) is 5.92 Å². The first-order valence-electron chi connectivity index (χ1n) is 12.0. The third-order valence-corrected chi connectivity index (χ3v) is 6.84. The summed E-state index contributed by atoms with van der Waals surface area (Å²) in [6, 6.07) is 10.3.